The van der Waals surface area contributed by atoms with E-state index in [4.69, 9.17) is 4.84 Å². The van der Waals surface area contributed by atoms with Crippen molar-refractivity contribution in [2.75, 3.05) is 6.54 Å². The number of hydrogen-bond acceptors (Lipinski definition) is 3. The monoisotopic (exact) mass is 232 g/mol. The molecule has 1 fully saturated rings. The Morgan fingerprint density at radius 1 is 1.35 bits per heavy atom. The predicted octanol–water partition coefficient (Wildman–Crippen LogP) is 2.01. The lowest BCUT2D eigenvalue weighted by molar-refractivity contribution is -0.00284. The fourth-order valence-corrected chi connectivity index (χ4v) is 2.00. The highest BCUT2D eigenvalue weighted by atomic mass is 16.6. The number of rotatable bonds is 5. The van der Waals surface area contributed by atoms with Gasteiger partial charge in [-0.15, -0.1) is 6.58 Å². The molecule has 3 nitrogen and oxygen atoms in total. The van der Waals surface area contributed by atoms with Gasteiger partial charge in [0.1, 0.15) is 0 Å². The summed E-state index contributed by atoms with van der Waals surface area (Å²) in [6, 6.07) is 11.0. The molecule has 1 aromatic rings. The molecule has 0 aliphatic carbocycles. The molecule has 1 heterocycles. The lowest BCUT2D eigenvalue weighted by Gasteiger charge is -2.28. The fourth-order valence-electron chi connectivity index (χ4n) is 2.00. The molecule has 1 unspecified atom stereocenters. The van der Waals surface area contributed by atoms with Crippen LogP contribution >= 0.6 is 0 Å². The molecule has 0 bridgehead atoms. The summed E-state index contributed by atoms with van der Waals surface area (Å²) >= 11 is 0. The van der Waals surface area contributed by atoms with Crippen LogP contribution in [0.25, 0.3) is 0 Å². The normalized spacial score (nSPS) is 24.5. The lowest BCUT2D eigenvalue weighted by Crippen LogP contribution is -2.46. The molecule has 1 aliphatic heterocycles. The van der Waals surface area contributed by atoms with E-state index in [9.17, 15) is 0 Å². The first-order chi connectivity index (χ1) is 8.38. The Morgan fingerprint density at radius 3 is 2.82 bits per heavy atom. The van der Waals surface area contributed by atoms with Gasteiger partial charge in [0.2, 0.25) is 0 Å². The third-order valence-corrected chi connectivity index (χ3v) is 3.07. The van der Waals surface area contributed by atoms with Crippen LogP contribution in [-0.2, 0) is 11.4 Å². The van der Waals surface area contributed by atoms with E-state index in [1.807, 2.05) is 24.3 Å². The van der Waals surface area contributed by atoms with Gasteiger partial charge in [0, 0.05) is 18.6 Å². The van der Waals surface area contributed by atoms with Gasteiger partial charge in [-0.05, 0) is 18.4 Å². The minimum Gasteiger partial charge on any atom is -0.309 e. The molecule has 0 aromatic heterocycles. The van der Waals surface area contributed by atoms with Gasteiger partial charge in [-0.2, -0.15) is 5.48 Å². The van der Waals surface area contributed by atoms with Crippen LogP contribution in [0.3, 0.4) is 0 Å². The van der Waals surface area contributed by atoms with E-state index in [1.54, 1.807) is 0 Å². The summed E-state index contributed by atoms with van der Waals surface area (Å²) in [7, 11) is 0. The van der Waals surface area contributed by atoms with Crippen LogP contribution in [0.15, 0.2) is 43.0 Å². The Hall–Kier alpha value is -1.16. The van der Waals surface area contributed by atoms with Crippen LogP contribution in [0, 0.1) is 0 Å². The van der Waals surface area contributed by atoms with Gasteiger partial charge >= 0.3 is 0 Å². The standard InChI is InChI=1S/C14H20N2O/c1-2-13-8-9-14(10-15-13)16-17-11-12-6-4-3-5-7-12/h2-7,13-16H,1,8-11H2/t13-,14?/m1/s1. The van der Waals surface area contributed by atoms with Crippen molar-refractivity contribution in [3.63, 3.8) is 0 Å². The molecule has 17 heavy (non-hydrogen) atoms. The minimum atomic E-state index is 0.398. The predicted molar refractivity (Wildman–Crippen MR) is 69.4 cm³/mol. The molecule has 2 rings (SSSR count). The fraction of sp³-hybridized carbons (Fsp3) is 0.429. The quantitative estimate of drug-likeness (QED) is 0.602. The van der Waals surface area contributed by atoms with E-state index in [1.165, 1.54) is 5.56 Å². The number of benzene rings is 1. The Labute approximate surface area is 103 Å². The zero-order valence-corrected chi connectivity index (χ0v) is 10.1. The first-order valence-electron chi connectivity index (χ1n) is 6.15. The molecule has 1 aliphatic rings. The van der Waals surface area contributed by atoms with E-state index in [-0.39, 0.29) is 0 Å². The Kier molecular flexibility index (Phi) is 4.74. The van der Waals surface area contributed by atoms with Gasteiger partial charge in [-0.1, -0.05) is 36.4 Å². The first kappa shape index (κ1) is 12.3. The van der Waals surface area contributed by atoms with Crippen LogP contribution < -0.4 is 10.8 Å². The summed E-state index contributed by atoms with van der Waals surface area (Å²) in [6.07, 6.45) is 4.22. The summed E-state index contributed by atoms with van der Waals surface area (Å²) in [4.78, 5) is 5.51. The van der Waals surface area contributed by atoms with Crippen LogP contribution in [0.5, 0.6) is 0 Å². The average Bonchev–Trinajstić information content (AvgIpc) is 2.41. The summed E-state index contributed by atoms with van der Waals surface area (Å²) in [6.45, 7) is 5.35. The van der Waals surface area contributed by atoms with E-state index in [0.717, 1.165) is 19.4 Å². The molecule has 0 amide bonds. The summed E-state index contributed by atoms with van der Waals surface area (Å²) in [5, 5.41) is 3.41. The zero-order chi connectivity index (χ0) is 11.9. The highest BCUT2D eigenvalue weighted by Gasteiger charge is 2.17. The third-order valence-electron chi connectivity index (χ3n) is 3.07. The van der Waals surface area contributed by atoms with Gasteiger partial charge < -0.3 is 5.32 Å². The van der Waals surface area contributed by atoms with E-state index < -0.39 is 0 Å². The molecule has 3 heteroatoms. The van der Waals surface area contributed by atoms with Crippen molar-refractivity contribution in [2.24, 2.45) is 0 Å². The molecular weight excluding hydrogens is 212 g/mol. The Balaban J connectivity index is 1.65. The smallest absolute Gasteiger partial charge is 0.0933 e. The second kappa shape index (κ2) is 6.55. The van der Waals surface area contributed by atoms with Crippen molar-refractivity contribution in [3.05, 3.63) is 48.6 Å². The average molecular weight is 232 g/mol. The van der Waals surface area contributed by atoms with Crippen LogP contribution in [-0.4, -0.2) is 18.6 Å². The minimum absolute atomic E-state index is 0.398. The molecule has 2 atom stereocenters. The largest absolute Gasteiger partial charge is 0.309 e. The lowest BCUT2D eigenvalue weighted by atomic mass is 10.0. The van der Waals surface area contributed by atoms with Gasteiger partial charge in [-0.25, -0.2) is 0 Å². The topological polar surface area (TPSA) is 33.3 Å². The molecule has 0 spiro atoms. The zero-order valence-electron chi connectivity index (χ0n) is 10.1. The van der Waals surface area contributed by atoms with Crippen molar-refractivity contribution in [1.82, 2.24) is 10.8 Å². The van der Waals surface area contributed by atoms with Crippen molar-refractivity contribution in [1.29, 1.82) is 0 Å². The summed E-state index contributed by atoms with van der Waals surface area (Å²) in [5.41, 5.74) is 4.31. The van der Waals surface area contributed by atoms with Crippen LogP contribution in [0.4, 0.5) is 0 Å². The molecule has 0 radical (unpaired) electrons. The van der Waals surface area contributed by atoms with Crippen molar-refractivity contribution >= 4 is 0 Å². The maximum Gasteiger partial charge on any atom is 0.0933 e. The maximum absolute atomic E-state index is 5.51. The maximum atomic E-state index is 5.51. The summed E-state index contributed by atoms with van der Waals surface area (Å²) < 4.78 is 0. The molecular formula is C14H20N2O. The SMILES string of the molecule is C=C[C@@H]1CCC(NOCc2ccccc2)CN1. The van der Waals surface area contributed by atoms with E-state index in [2.05, 4.69) is 29.5 Å². The number of hydrogen-bond donors (Lipinski definition) is 2. The van der Waals surface area contributed by atoms with Gasteiger partial charge in [0.15, 0.2) is 0 Å². The second-order valence-electron chi connectivity index (χ2n) is 4.42. The highest BCUT2D eigenvalue weighted by Crippen LogP contribution is 2.09. The molecule has 2 N–H and O–H groups in total. The number of nitrogens with one attached hydrogen (secondary N) is 2. The van der Waals surface area contributed by atoms with Gasteiger partial charge in [-0.3, -0.25) is 4.84 Å². The van der Waals surface area contributed by atoms with E-state index in [0.29, 0.717) is 18.7 Å². The molecule has 1 aromatic carbocycles. The van der Waals surface area contributed by atoms with Crippen molar-refractivity contribution < 1.29 is 4.84 Å². The third kappa shape index (κ3) is 3.97. The Morgan fingerprint density at radius 2 is 2.18 bits per heavy atom. The highest BCUT2D eigenvalue weighted by molar-refractivity contribution is 5.13. The Bertz CT molecular complexity index is 331. The molecule has 92 valence electrons. The number of hydroxylamine groups is 1. The van der Waals surface area contributed by atoms with Crippen LogP contribution in [0.2, 0.25) is 0 Å². The van der Waals surface area contributed by atoms with E-state index >= 15 is 0 Å². The molecule has 1 saturated heterocycles. The van der Waals surface area contributed by atoms with Crippen LogP contribution in [0.1, 0.15) is 18.4 Å². The van der Waals surface area contributed by atoms with Gasteiger partial charge in [0.25, 0.3) is 0 Å². The first-order valence-corrected chi connectivity index (χ1v) is 6.15. The second-order valence-corrected chi connectivity index (χ2v) is 4.42. The summed E-state index contributed by atoms with van der Waals surface area (Å²) in [5.74, 6) is 0. The van der Waals surface area contributed by atoms with Gasteiger partial charge in [0.05, 0.1) is 6.61 Å². The molecule has 0 saturated carbocycles. The van der Waals surface area contributed by atoms with Crippen molar-refractivity contribution in [3.8, 4) is 0 Å². The number of piperidine rings is 1. The van der Waals surface area contributed by atoms with Crippen molar-refractivity contribution in [2.45, 2.75) is 31.5 Å².